The highest BCUT2D eigenvalue weighted by Crippen LogP contribution is 2.44. The van der Waals surface area contributed by atoms with Crippen molar-refractivity contribution in [3.63, 3.8) is 0 Å². The molecule has 1 heterocycles. The molecule has 0 saturated carbocycles. The zero-order valence-electron chi connectivity index (χ0n) is 10.8. The third-order valence-electron chi connectivity index (χ3n) is 3.05. The van der Waals surface area contributed by atoms with Gasteiger partial charge in [-0.25, -0.2) is 0 Å². The maximum Gasteiger partial charge on any atom is 0.179 e. The lowest BCUT2D eigenvalue weighted by Gasteiger charge is -2.29. The van der Waals surface area contributed by atoms with E-state index in [1.54, 1.807) is 14.2 Å². The average Bonchev–Trinajstić information content (AvgIpc) is 2.38. The summed E-state index contributed by atoms with van der Waals surface area (Å²) in [6.45, 7) is 3.26. The first-order valence-corrected chi connectivity index (χ1v) is 7.28. The Morgan fingerprint density at radius 1 is 1.33 bits per heavy atom. The summed E-state index contributed by atoms with van der Waals surface area (Å²) in [6, 6.07) is 3.91. The third-order valence-corrected chi connectivity index (χ3v) is 4.83. The third kappa shape index (κ3) is 2.71. The smallest absolute Gasteiger partial charge is 0.179 e. The largest absolute Gasteiger partial charge is 0.493 e. The van der Waals surface area contributed by atoms with E-state index in [0.29, 0.717) is 21.8 Å². The second-order valence-electron chi connectivity index (χ2n) is 4.27. The van der Waals surface area contributed by atoms with Crippen LogP contribution in [0.4, 0.5) is 0 Å². The van der Waals surface area contributed by atoms with Crippen LogP contribution in [0.25, 0.3) is 0 Å². The fraction of sp³-hybridized carbons (Fsp3) is 0.538. The molecule has 0 aromatic heterocycles. The minimum absolute atomic E-state index is 0.223. The molecule has 100 valence electrons. The van der Waals surface area contributed by atoms with Crippen molar-refractivity contribution in [1.29, 1.82) is 0 Å². The van der Waals surface area contributed by atoms with Crippen molar-refractivity contribution in [1.82, 2.24) is 5.32 Å². The van der Waals surface area contributed by atoms with Gasteiger partial charge in [-0.2, -0.15) is 0 Å². The lowest BCUT2D eigenvalue weighted by Crippen LogP contribution is -2.29. The molecule has 0 aliphatic carbocycles. The molecule has 2 unspecified atom stereocenters. The topological polar surface area (TPSA) is 30.5 Å². The first kappa shape index (κ1) is 13.8. The van der Waals surface area contributed by atoms with Gasteiger partial charge in [-0.1, -0.05) is 24.6 Å². The van der Waals surface area contributed by atoms with Gasteiger partial charge in [-0.05, 0) is 19.0 Å². The number of halogens is 1. The van der Waals surface area contributed by atoms with Crippen LogP contribution in [0.2, 0.25) is 5.02 Å². The highest BCUT2D eigenvalue weighted by molar-refractivity contribution is 8.00. The molecule has 1 aliphatic rings. The number of rotatable bonds is 3. The van der Waals surface area contributed by atoms with Crippen molar-refractivity contribution < 1.29 is 9.47 Å². The summed E-state index contributed by atoms with van der Waals surface area (Å²) in [4.78, 5) is 0. The summed E-state index contributed by atoms with van der Waals surface area (Å²) in [6.07, 6.45) is 1.19. The maximum absolute atomic E-state index is 6.42. The van der Waals surface area contributed by atoms with E-state index in [4.69, 9.17) is 21.1 Å². The van der Waals surface area contributed by atoms with E-state index in [9.17, 15) is 0 Å². The molecule has 0 radical (unpaired) electrons. The molecule has 3 nitrogen and oxygen atoms in total. The van der Waals surface area contributed by atoms with Gasteiger partial charge in [0.15, 0.2) is 11.5 Å². The molecule has 0 spiro atoms. The Labute approximate surface area is 117 Å². The molecule has 0 bridgehead atoms. The van der Waals surface area contributed by atoms with Crippen LogP contribution < -0.4 is 14.8 Å². The predicted molar refractivity (Wildman–Crippen MR) is 77.0 cm³/mol. The van der Waals surface area contributed by atoms with Crippen LogP contribution in [0.15, 0.2) is 12.1 Å². The van der Waals surface area contributed by atoms with Gasteiger partial charge in [0.1, 0.15) is 0 Å². The monoisotopic (exact) mass is 287 g/mol. The normalized spacial score (nSPS) is 23.8. The zero-order valence-corrected chi connectivity index (χ0v) is 12.4. The minimum Gasteiger partial charge on any atom is -0.493 e. The number of nitrogens with one attached hydrogen (secondary N) is 1. The standard InChI is InChI=1S/C13H18ClNO2S/c1-8-6-7-15-13(18-8)9-4-5-10(16-2)12(17-3)11(9)14/h4-5,8,13,15H,6-7H2,1-3H3. The number of thioether (sulfide) groups is 1. The van der Waals surface area contributed by atoms with Crippen molar-refractivity contribution in [3.8, 4) is 11.5 Å². The van der Waals surface area contributed by atoms with Gasteiger partial charge < -0.3 is 14.8 Å². The Bertz CT molecular complexity index is 428. The van der Waals surface area contributed by atoms with E-state index in [-0.39, 0.29) is 5.37 Å². The molecule has 1 saturated heterocycles. The minimum atomic E-state index is 0.223. The Kier molecular flexibility index (Phi) is 4.65. The quantitative estimate of drug-likeness (QED) is 0.922. The number of hydrogen-bond acceptors (Lipinski definition) is 4. The summed E-state index contributed by atoms with van der Waals surface area (Å²) in [7, 11) is 3.22. The Morgan fingerprint density at radius 2 is 2.11 bits per heavy atom. The van der Waals surface area contributed by atoms with Crippen molar-refractivity contribution in [3.05, 3.63) is 22.7 Å². The number of hydrogen-bond donors (Lipinski definition) is 1. The molecule has 0 amide bonds. The van der Waals surface area contributed by atoms with Crippen molar-refractivity contribution in [2.24, 2.45) is 0 Å². The number of ether oxygens (including phenoxy) is 2. The Hall–Kier alpha value is -0.580. The predicted octanol–water partition coefficient (Wildman–Crippen LogP) is 3.47. The second kappa shape index (κ2) is 6.04. The first-order valence-electron chi connectivity index (χ1n) is 5.96. The molecule has 5 heteroatoms. The van der Waals surface area contributed by atoms with E-state index < -0.39 is 0 Å². The van der Waals surface area contributed by atoms with Gasteiger partial charge in [-0.15, -0.1) is 11.8 Å². The second-order valence-corrected chi connectivity index (χ2v) is 6.20. The summed E-state index contributed by atoms with van der Waals surface area (Å²) in [5.41, 5.74) is 1.06. The lowest BCUT2D eigenvalue weighted by molar-refractivity contribution is 0.354. The molecule has 2 rings (SSSR count). The van der Waals surface area contributed by atoms with Crippen LogP contribution in [-0.2, 0) is 0 Å². The summed E-state index contributed by atoms with van der Waals surface area (Å²) >= 11 is 8.31. The van der Waals surface area contributed by atoms with Crippen molar-refractivity contribution in [2.45, 2.75) is 24.0 Å². The molecule has 1 N–H and O–H groups in total. The van der Waals surface area contributed by atoms with Crippen LogP contribution in [0.1, 0.15) is 24.3 Å². The molecule has 1 aliphatic heterocycles. The van der Waals surface area contributed by atoms with E-state index in [0.717, 1.165) is 12.1 Å². The molecule has 1 aromatic carbocycles. The zero-order chi connectivity index (χ0) is 13.1. The molecule has 18 heavy (non-hydrogen) atoms. The van der Waals surface area contributed by atoms with Crippen LogP contribution >= 0.6 is 23.4 Å². The SMILES string of the molecule is COc1ccc(C2NCCC(C)S2)c(Cl)c1OC. The maximum atomic E-state index is 6.42. The Balaban J connectivity index is 2.33. The van der Waals surface area contributed by atoms with E-state index in [1.807, 2.05) is 23.9 Å². The van der Waals surface area contributed by atoms with E-state index >= 15 is 0 Å². The van der Waals surface area contributed by atoms with E-state index in [1.165, 1.54) is 6.42 Å². The van der Waals surface area contributed by atoms with Crippen LogP contribution in [-0.4, -0.2) is 26.0 Å². The highest BCUT2D eigenvalue weighted by atomic mass is 35.5. The van der Waals surface area contributed by atoms with Gasteiger partial charge in [0.2, 0.25) is 0 Å². The molecule has 2 atom stereocenters. The molecular formula is C13H18ClNO2S. The summed E-state index contributed by atoms with van der Waals surface area (Å²) < 4.78 is 10.6. The van der Waals surface area contributed by atoms with Gasteiger partial charge in [0, 0.05) is 10.8 Å². The van der Waals surface area contributed by atoms with Crippen molar-refractivity contribution in [2.75, 3.05) is 20.8 Å². The Morgan fingerprint density at radius 3 is 2.72 bits per heavy atom. The average molecular weight is 288 g/mol. The van der Waals surface area contributed by atoms with Crippen LogP contribution in [0, 0.1) is 0 Å². The summed E-state index contributed by atoms with van der Waals surface area (Å²) in [5, 5.41) is 4.98. The molecule has 1 aromatic rings. The number of methoxy groups -OCH3 is 2. The first-order chi connectivity index (χ1) is 8.67. The highest BCUT2D eigenvalue weighted by Gasteiger charge is 2.24. The molecular weight excluding hydrogens is 270 g/mol. The van der Waals surface area contributed by atoms with Gasteiger partial charge >= 0.3 is 0 Å². The fourth-order valence-electron chi connectivity index (χ4n) is 2.06. The van der Waals surface area contributed by atoms with Crippen molar-refractivity contribution >= 4 is 23.4 Å². The fourth-order valence-corrected chi connectivity index (χ4v) is 3.74. The van der Waals surface area contributed by atoms with E-state index in [2.05, 4.69) is 12.2 Å². The van der Waals surface area contributed by atoms with Gasteiger partial charge in [0.25, 0.3) is 0 Å². The summed E-state index contributed by atoms with van der Waals surface area (Å²) in [5.74, 6) is 1.28. The van der Waals surface area contributed by atoms with Gasteiger partial charge in [0.05, 0.1) is 24.6 Å². The molecule has 1 fully saturated rings. The van der Waals surface area contributed by atoms with Crippen LogP contribution in [0.3, 0.4) is 0 Å². The van der Waals surface area contributed by atoms with Crippen LogP contribution in [0.5, 0.6) is 11.5 Å². The number of benzene rings is 1. The lowest BCUT2D eigenvalue weighted by atomic mass is 10.2. The van der Waals surface area contributed by atoms with Gasteiger partial charge in [-0.3, -0.25) is 0 Å².